The van der Waals surface area contributed by atoms with Crippen LogP contribution >= 0.6 is 0 Å². The predicted molar refractivity (Wildman–Crippen MR) is 77.5 cm³/mol. The Morgan fingerprint density at radius 3 is 2.86 bits per heavy atom. The fourth-order valence-corrected chi connectivity index (χ4v) is 3.73. The fraction of sp³-hybridized carbons (Fsp3) is 0.357. The molecular formula is C14H17N3O3S. The molecule has 21 heavy (non-hydrogen) atoms. The number of sulfonamides is 1. The van der Waals surface area contributed by atoms with Gasteiger partial charge in [0.1, 0.15) is 12.4 Å². The summed E-state index contributed by atoms with van der Waals surface area (Å²) in [6.45, 7) is 2.92. The summed E-state index contributed by atoms with van der Waals surface area (Å²) in [7, 11) is -1.85. The van der Waals surface area contributed by atoms with Crippen molar-refractivity contribution >= 4 is 10.0 Å². The van der Waals surface area contributed by atoms with Gasteiger partial charge in [-0.1, -0.05) is 17.7 Å². The van der Waals surface area contributed by atoms with Crippen LogP contribution in [-0.4, -0.2) is 35.4 Å². The Morgan fingerprint density at radius 2 is 2.14 bits per heavy atom. The van der Waals surface area contributed by atoms with Gasteiger partial charge < -0.3 is 9.30 Å². The first-order valence-electron chi connectivity index (χ1n) is 6.67. The molecule has 112 valence electrons. The molecule has 0 bridgehead atoms. The average Bonchev–Trinajstić information content (AvgIpc) is 2.76. The Bertz CT molecular complexity index is 768. The lowest BCUT2D eigenvalue weighted by Gasteiger charge is -2.18. The zero-order valence-corrected chi connectivity index (χ0v) is 12.8. The van der Waals surface area contributed by atoms with Crippen molar-refractivity contribution in [3.05, 3.63) is 41.9 Å². The zero-order valence-electron chi connectivity index (χ0n) is 12.0. The number of aryl methyl sites for hydroxylation is 2. The van der Waals surface area contributed by atoms with Gasteiger partial charge in [0.15, 0.2) is 5.03 Å². The summed E-state index contributed by atoms with van der Waals surface area (Å²) in [5.74, 6) is 0.749. The molecule has 3 rings (SSSR count). The van der Waals surface area contributed by atoms with Gasteiger partial charge in [0.25, 0.3) is 10.0 Å². The first-order valence-corrected chi connectivity index (χ1v) is 8.11. The van der Waals surface area contributed by atoms with Crippen molar-refractivity contribution in [1.82, 2.24) is 13.9 Å². The van der Waals surface area contributed by atoms with E-state index < -0.39 is 10.0 Å². The van der Waals surface area contributed by atoms with Crippen LogP contribution in [0.2, 0.25) is 0 Å². The van der Waals surface area contributed by atoms with Crippen molar-refractivity contribution in [2.45, 2.75) is 18.5 Å². The molecule has 7 heteroatoms. The summed E-state index contributed by atoms with van der Waals surface area (Å²) in [6, 6.07) is 5.81. The summed E-state index contributed by atoms with van der Waals surface area (Å²) in [5.41, 5.74) is 1.96. The number of rotatable bonds is 2. The number of benzene rings is 1. The molecule has 2 aromatic rings. The van der Waals surface area contributed by atoms with Crippen LogP contribution in [-0.2, 0) is 23.6 Å². The van der Waals surface area contributed by atoms with E-state index in [1.807, 2.05) is 25.1 Å². The molecule has 2 heterocycles. The normalized spacial score (nSPS) is 16.1. The van der Waals surface area contributed by atoms with Gasteiger partial charge >= 0.3 is 0 Å². The minimum atomic E-state index is -3.60. The lowest BCUT2D eigenvalue weighted by Crippen LogP contribution is -2.32. The van der Waals surface area contributed by atoms with Crippen molar-refractivity contribution in [3.8, 4) is 5.75 Å². The second-order valence-corrected chi connectivity index (χ2v) is 7.06. The van der Waals surface area contributed by atoms with Crippen molar-refractivity contribution in [2.24, 2.45) is 7.05 Å². The van der Waals surface area contributed by atoms with Gasteiger partial charge in [-0.2, -0.15) is 4.31 Å². The monoisotopic (exact) mass is 307 g/mol. The van der Waals surface area contributed by atoms with E-state index in [1.165, 1.54) is 16.8 Å². The third-order valence-electron chi connectivity index (χ3n) is 3.45. The number of hydrogen-bond donors (Lipinski definition) is 0. The van der Waals surface area contributed by atoms with E-state index >= 15 is 0 Å². The molecule has 0 unspecified atom stereocenters. The maximum Gasteiger partial charge on any atom is 0.262 e. The van der Waals surface area contributed by atoms with Crippen molar-refractivity contribution < 1.29 is 13.2 Å². The van der Waals surface area contributed by atoms with Gasteiger partial charge in [-0.25, -0.2) is 13.4 Å². The van der Waals surface area contributed by atoms with E-state index in [0.29, 0.717) is 19.7 Å². The predicted octanol–water partition coefficient (Wildman–Crippen LogP) is 1.31. The molecule has 0 radical (unpaired) electrons. The van der Waals surface area contributed by atoms with Crippen LogP contribution in [0.5, 0.6) is 5.75 Å². The van der Waals surface area contributed by atoms with E-state index in [-0.39, 0.29) is 5.03 Å². The van der Waals surface area contributed by atoms with E-state index in [9.17, 15) is 8.42 Å². The Morgan fingerprint density at radius 1 is 1.33 bits per heavy atom. The zero-order chi connectivity index (χ0) is 15.0. The Balaban J connectivity index is 1.96. The number of fused-ring (bicyclic) bond motifs is 1. The first kappa shape index (κ1) is 14.1. The van der Waals surface area contributed by atoms with Gasteiger partial charge in [0.2, 0.25) is 0 Å². The van der Waals surface area contributed by atoms with Gasteiger partial charge in [-0.3, -0.25) is 0 Å². The summed E-state index contributed by atoms with van der Waals surface area (Å²) in [6.07, 6.45) is 3.00. The second-order valence-electron chi connectivity index (χ2n) is 5.18. The third-order valence-corrected chi connectivity index (χ3v) is 5.18. The van der Waals surface area contributed by atoms with Crippen LogP contribution in [0.25, 0.3) is 0 Å². The molecule has 1 aliphatic rings. The molecule has 0 amide bonds. The average molecular weight is 307 g/mol. The lowest BCUT2D eigenvalue weighted by atomic mass is 10.1. The SMILES string of the molecule is Cc1ccc2c(c1)CN(S(=O)(=O)c1cn(C)cn1)CCO2. The largest absolute Gasteiger partial charge is 0.492 e. The second kappa shape index (κ2) is 5.16. The van der Waals surface area contributed by atoms with Crippen LogP contribution in [0.15, 0.2) is 35.7 Å². The molecule has 0 atom stereocenters. The van der Waals surface area contributed by atoms with Gasteiger partial charge in [-0.05, 0) is 13.0 Å². The number of ether oxygens (including phenoxy) is 1. The molecule has 1 aromatic carbocycles. The molecule has 0 saturated carbocycles. The van der Waals surface area contributed by atoms with E-state index in [2.05, 4.69) is 4.98 Å². The molecular weight excluding hydrogens is 290 g/mol. The van der Waals surface area contributed by atoms with Crippen LogP contribution in [0.4, 0.5) is 0 Å². The van der Waals surface area contributed by atoms with E-state index in [0.717, 1.165) is 16.9 Å². The standard InChI is InChI=1S/C14H17N3O3S/c1-11-3-4-13-12(7-11)8-17(5-6-20-13)21(18,19)14-9-16(2)10-15-14/h3-4,7,9-10H,5-6,8H2,1-2H3. The van der Waals surface area contributed by atoms with Crippen molar-refractivity contribution in [1.29, 1.82) is 0 Å². The molecule has 1 aromatic heterocycles. The van der Waals surface area contributed by atoms with Crippen LogP contribution in [0.3, 0.4) is 0 Å². The van der Waals surface area contributed by atoms with Gasteiger partial charge in [-0.15, -0.1) is 0 Å². The minimum Gasteiger partial charge on any atom is -0.492 e. The Kier molecular flexibility index (Phi) is 3.46. The highest BCUT2D eigenvalue weighted by Gasteiger charge is 2.29. The number of nitrogens with zero attached hydrogens (tertiary/aromatic N) is 3. The third kappa shape index (κ3) is 2.66. The van der Waals surface area contributed by atoms with Crippen molar-refractivity contribution in [3.63, 3.8) is 0 Å². The molecule has 0 saturated heterocycles. The van der Waals surface area contributed by atoms with Crippen LogP contribution in [0, 0.1) is 6.92 Å². The maximum absolute atomic E-state index is 12.6. The summed E-state index contributed by atoms with van der Waals surface area (Å²) in [5, 5.41) is 0.0705. The highest BCUT2D eigenvalue weighted by Crippen LogP contribution is 2.26. The van der Waals surface area contributed by atoms with E-state index in [4.69, 9.17) is 4.74 Å². The quantitative estimate of drug-likeness (QED) is 0.839. The number of aromatic nitrogens is 2. The van der Waals surface area contributed by atoms with Crippen LogP contribution in [0.1, 0.15) is 11.1 Å². The molecule has 0 fully saturated rings. The molecule has 1 aliphatic heterocycles. The van der Waals surface area contributed by atoms with Crippen molar-refractivity contribution in [2.75, 3.05) is 13.2 Å². The smallest absolute Gasteiger partial charge is 0.262 e. The van der Waals surface area contributed by atoms with Gasteiger partial charge in [0, 0.05) is 31.9 Å². The lowest BCUT2D eigenvalue weighted by molar-refractivity contribution is 0.292. The molecule has 0 N–H and O–H groups in total. The Labute approximate surface area is 124 Å². The highest BCUT2D eigenvalue weighted by molar-refractivity contribution is 7.89. The molecule has 0 spiro atoms. The molecule has 6 nitrogen and oxygen atoms in total. The summed E-state index contributed by atoms with van der Waals surface area (Å²) in [4.78, 5) is 3.96. The molecule has 0 aliphatic carbocycles. The highest BCUT2D eigenvalue weighted by atomic mass is 32.2. The summed E-state index contributed by atoms with van der Waals surface area (Å²) >= 11 is 0. The van der Waals surface area contributed by atoms with E-state index in [1.54, 1.807) is 11.6 Å². The number of hydrogen-bond acceptors (Lipinski definition) is 4. The maximum atomic E-state index is 12.6. The first-order chi connectivity index (χ1) is 9.96. The topological polar surface area (TPSA) is 64.4 Å². The fourth-order valence-electron chi connectivity index (χ4n) is 2.36. The van der Waals surface area contributed by atoms with Crippen LogP contribution < -0.4 is 4.74 Å². The Hall–Kier alpha value is -1.86. The van der Waals surface area contributed by atoms with Gasteiger partial charge in [0.05, 0.1) is 6.33 Å². The minimum absolute atomic E-state index is 0.0705. The summed E-state index contributed by atoms with van der Waals surface area (Å²) < 4.78 is 34.0. The number of imidazole rings is 1.